The molecule has 0 saturated carbocycles. The molecule has 1 aromatic rings. The first-order chi connectivity index (χ1) is 6.29. The minimum Gasteiger partial charge on any atom is -0.312 e. The lowest BCUT2D eigenvalue weighted by Crippen LogP contribution is -2.30. The van der Waals surface area contributed by atoms with E-state index in [0.29, 0.717) is 11.8 Å². The van der Waals surface area contributed by atoms with Gasteiger partial charge in [0.1, 0.15) is 0 Å². The molecule has 0 saturated heterocycles. The van der Waals surface area contributed by atoms with Crippen LogP contribution in [0.1, 0.15) is 30.9 Å². The van der Waals surface area contributed by atoms with Crippen LogP contribution in [0, 0.1) is 5.92 Å². The van der Waals surface area contributed by atoms with Crippen molar-refractivity contribution in [1.82, 2.24) is 10.3 Å². The van der Waals surface area contributed by atoms with Gasteiger partial charge in [-0.1, -0.05) is 13.8 Å². The van der Waals surface area contributed by atoms with Gasteiger partial charge in [-0.3, -0.25) is 4.98 Å². The van der Waals surface area contributed by atoms with Gasteiger partial charge in [-0.2, -0.15) is 0 Å². The molecule has 1 atom stereocenters. The van der Waals surface area contributed by atoms with Crippen LogP contribution < -0.4 is 5.32 Å². The Morgan fingerprint density at radius 2 is 2.38 bits per heavy atom. The Balaban J connectivity index is 2.37. The fourth-order valence-electron chi connectivity index (χ4n) is 2.01. The lowest BCUT2D eigenvalue weighted by atomic mass is 9.84. The van der Waals surface area contributed by atoms with Crippen LogP contribution in [-0.4, -0.2) is 11.5 Å². The summed E-state index contributed by atoms with van der Waals surface area (Å²) >= 11 is 0. The van der Waals surface area contributed by atoms with E-state index in [9.17, 15) is 0 Å². The first-order valence-corrected chi connectivity index (χ1v) is 4.92. The van der Waals surface area contributed by atoms with Crippen molar-refractivity contribution in [3.8, 4) is 0 Å². The third-order valence-electron chi connectivity index (χ3n) is 2.83. The Labute approximate surface area is 79.4 Å². The second-order valence-corrected chi connectivity index (χ2v) is 4.06. The maximum atomic E-state index is 4.15. The van der Waals surface area contributed by atoms with Crippen LogP contribution in [0.4, 0.5) is 0 Å². The summed E-state index contributed by atoms with van der Waals surface area (Å²) in [6, 6.07) is 2.17. The quantitative estimate of drug-likeness (QED) is 0.707. The van der Waals surface area contributed by atoms with Crippen LogP contribution in [0.3, 0.4) is 0 Å². The van der Waals surface area contributed by atoms with Crippen molar-refractivity contribution in [2.45, 2.75) is 26.3 Å². The van der Waals surface area contributed by atoms with Gasteiger partial charge in [-0.05, 0) is 29.0 Å². The first-order valence-electron chi connectivity index (χ1n) is 4.92. The Hall–Kier alpha value is -0.890. The molecule has 1 aromatic heterocycles. The maximum absolute atomic E-state index is 4.15. The highest BCUT2D eigenvalue weighted by Crippen LogP contribution is 2.28. The third kappa shape index (κ3) is 1.59. The number of nitrogens with zero attached hydrogens (tertiary/aromatic N) is 1. The van der Waals surface area contributed by atoms with E-state index in [1.165, 1.54) is 11.1 Å². The van der Waals surface area contributed by atoms with Crippen LogP contribution in [0.2, 0.25) is 0 Å². The van der Waals surface area contributed by atoms with Gasteiger partial charge in [-0.25, -0.2) is 0 Å². The zero-order valence-corrected chi connectivity index (χ0v) is 8.25. The topological polar surface area (TPSA) is 24.9 Å². The molecule has 70 valence electrons. The van der Waals surface area contributed by atoms with Gasteiger partial charge in [0, 0.05) is 25.5 Å². The predicted octanol–water partition coefficient (Wildman–Crippen LogP) is 1.92. The molecule has 13 heavy (non-hydrogen) atoms. The van der Waals surface area contributed by atoms with Crippen molar-refractivity contribution in [3.63, 3.8) is 0 Å². The molecule has 2 heterocycles. The molecule has 1 aliphatic heterocycles. The molecule has 0 bridgehead atoms. The minimum absolute atomic E-state index is 0.659. The molecule has 0 aliphatic carbocycles. The summed E-state index contributed by atoms with van der Waals surface area (Å²) in [6.07, 6.45) is 3.89. The van der Waals surface area contributed by atoms with Crippen molar-refractivity contribution in [3.05, 3.63) is 29.6 Å². The second-order valence-electron chi connectivity index (χ2n) is 4.06. The summed E-state index contributed by atoms with van der Waals surface area (Å²) in [5.74, 6) is 1.36. The Kier molecular flexibility index (Phi) is 2.32. The lowest BCUT2D eigenvalue weighted by molar-refractivity contribution is 0.435. The number of hydrogen-bond donors (Lipinski definition) is 1. The van der Waals surface area contributed by atoms with E-state index in [1.807, 2.05) is 12.4 Å². The molecular formula is C11H16N2. The molecule has 1 unspecified atom stereocenters. The van der Waals surface area contributed by atoms with Crippen molar-refractivity contribution in [2.24, 2.45) is 5.92 Å². The summed E-state index contributed by atoms with van der Waals surface area (Å²) in [4.78, 5) is 4.15. The first kappa shape index (κ1) is 8.70. The fraction of sp³-hybridized carbons (Fsp3) is 0.545. The molecule has 0 amide bonds. The monoisotopic (exact) mass is 176 g/mol. The molecular weight excluding hydrogens is 160 g/mol. The van der Waals surface area contributed by atoms with Crippen LogP contribution in [0.15, 0.2) is 18.5 Å². The molecule has 0 spiro atoms. The fourth-order valence-corrected chi connectivity index (χ4v) is 2.01. The average molecular weight is 176 g/mol. The van der Waals surface area contributed by atoms with E-state index in [4.69, 9.17) is 0 Å². The van der Waals surface area contributed by atoms with Crippen molar-refractivity contribution in [2.75, 3.05) is 6.54 Å². The van der Waals surface area contributed by atoms with Crippen LogP contribution in [0.5, 0.6) is 0 Å². The van der Waals surface area contributed by atoms with E-state index < -0.39 is 0 Å². The molecule has 1 aliphatic rings. The summed E-state index contributed by atoms with van der Waals surface area (Å²) in [5, 5.41) is 3.43. The van der Waals surface area contributed by atoms with E-state index in [-0.39, 0.29) is 0 Å². The molecule has 1 N–H and O–H groups in total. The molecule has 2 rings (SSSR count). The van der Waals surface area contributed by atoms with Gasteiger partial charge in [0.25, 0.3) is 0 Å². The van der Waals surface area contributed by atoms with Crippen molar-refractivity contribution in [1.29, 1.82) is 0 Å². The molecule has 0 aromatic carbocycles. The minimum atomic E-state index is 0.659. The summed E-state index contributed by atoms with van der Waals surface area (Å²) in [5.41, 5.74) is 2.86. The normalized spacial score (nSPS) is 21.6. The van der Waals surface area contributed by atoms with Gasteiger partial charge in [0.15, 0.2) is 0 Å². The SMILES string of the molecule is CC(C)C1CNCc2cnccc21. The van der Waals surface area contributed by atoms with Crippen molar-refractivity contribution >= 4 is 0 Å². The average Bonchev–Trinajstić information content (AvgIpc) is 2.17. The number of fused-ring (bicyclic) bond motifs is 1. The maximum Gasteiger partial charge on any atom is 0.0315 e. The highest BCUT2D eigenvalue weighted by Gasteiger charge is 2.21. The highest BCUT2D eigenvalue weighted by atomic mass is 14.9. The van der Waals surface area contributed by atoms with E-state index in [2.05, 4.69) is 30.2 Å². The number of nitrogens with one attached hydrogen (secondary N) is 1. The molecule has 2 heteroatoms. The van der Waals surface area contributed by atoms with Gasteiger partial charge in [-0.15, -0.1) is 0 Å². The zero-order valence-electron chi connectivity index (χ0n) is 8.25. The largest absolute Gasteiger partial charge is 0.312 e. The Morgan fingerprint density at radius 3 is 3.15 bits per heavy atom. The van der Waals surface area contributed by atoms with Gasteiger partial charge >= 0.3 is 0 Å². The molecule has 0 radical (unpaired) electrons. The summed E-state index contributed by atoms with van der Waals surface area (Å²) in [6.45, 7) is 6.64. The van der Waals surface area contributed by atoms with Crippen LogP contribution in [0.25, 0.3) is 0 Å². The summed E-state index contributed by atoms with van der Waals surface area (Å²) in [7, 11) is 0. The van der Waals surface area contributed by atoms with E-state index in [1.54, 1.807) is 0 Å². The lowest BCUT2D eigenvalue weighted by Gasteiger charge is -2.28. The number of rotatable bonds is 1. The van der Waals surface area contributed by atoms with E-state index >= 15 is 0 Å². The molecule has 0 fully saturated rings. The van der Waals surface area contributed by atoms with Crippen LogP contribution >= 0.6 is 0 Å². The smallest absolute Gasteiger partial charge is 0.0315 e. The van der Waals surface area contributed by atoms with Gasteiger partial charge in [0.2, 0.25) is 0 Å². The third-order valence-corrected chi connectivity index (χ3v) is 2.83. The highest BCUT2D eigenvalue weighted by molar-refractivity contribution is 5.30. The number of hydrogen-bond acceptors (Lipinski definition) is 2. The number of pyridine rings is 1. The van der Waals surface area contributed by atoms with Crippen LogP contribution in [-0.2, 0) is 6.54 Å². The predicted molar refractivity (Wildman–Crippen MR) is 53.5 cm³/mol. The second kappa shape index (κ2) is 3.46. The summed E-state index contributed by atoms with van der Waals surface area (Å²) < 4.78 is 0. The zero-order chi connectivity index (χ0) is 9.26. The van der Waals surface area contributed by atoms with E-state index in [0.717, 1.165) is 13.1 Å². The molecule has 2 nitrogen and oxygen atoms in total. The number of aromatic nitrogens is 1. The van der Waals surface area contributed by atoms with Gasteiger partial charge < -0.3 is 5.32 Å². The Morgan fingerprint density at radius 1 is 1.54 bits per heavy atom. The Bertz CT molecular complexity index is 294. The standard InChI is InChI=1S/C11H16N2/c1-8(2)11-7-13-6-9-5-12-4-3-10(9)11/h3-5,8,11,13H,6-7H2,1-2H3. The van der Waals surface area contributed by atoms with Gasteiger partial charge in [0.05, 0.1) is 0 Å². The van der Waals surface area contributed by atoms with Crippen molar-refractivity contribution < 1.29 is 0 Å².